The first-order valence-electron chi connectivity index (χ1n) is 6.22. The molecule has 1 amide bonds. The minimum atomic E-state index is -0.0824. The summed E-state index contributed by atoms with van der Waals surface area (Å²) in [6.07, 6.45) is 2.05. The lowest BCUT2D eigenvalue weighted by Crippen LogP contribution is -2.27. The van der Waals surface area contributed by atoms with Gasteiger partial charge in [-0.2, -0.15) is 4.98 Å². The highest BCUT2D eigenvalue weighted by atomic mass is 35.5. The van der Waals surface area contributed by atoms with Crippen LogP contribution in [0.15, 0.2) is 35.7 Å². The van der Waals surface area contributed by atoms with Gasteiger partial charge in [-0.3, -0.25) is 4.79 Å². The number of carbonyl (C=O) groups is 1. The molecule has 0 radical (unpaired) electrons. The van der Waals surface area contributed by atoms with Gasteiger partial charge in [0.15, 0.2) is 5.16 Å². The molecule has 0 saturated carbocycles. The minimum Gasteiger partial charge on any atom is -0.368 e. The van der Waals surface area contributed by atoms with E-state index in [4.69, 9.17) is 17.3 Å². The number of nitrogens with one attached hydrogen (secondary N) is 1. The van der Waals surface area contributed by atoms with Crippen molar-refractivity contribution in [1.29, 1.82) is 0 Å². The molecule has 0 fully saturated rings. The molecular formula is C13H14ClN5OS. The summed E-state index contributed by atoms with van der Waals surface area (Å²) in [6.45, 7) is 0.555. The normalized spacial score (nSPS) is 10.3. The predicted molar refractivity (Wildman–Crippen MR) is 83.1 cm³/mol. The van der Waals surface area contributed by atoms with Crippen molar-refractivity contribution >= 4 is 35.2 Å². The molecule has 1 aromatic heterocycles. The van der Waals surface area contributed by atoms with Crippen LogP contribution in [0.25, 0.3) is 0 Å². The van der Waals surface area contributed by atoms with E-state index in [-0.39, 0.29) is 17.6 Å². The number of halogens is 1. The van der Waals surface area contributed by atoms with Crippen LogP contribution in [-0.2, 0) is 11.2 Å². The Morgan fingerprint density at radius 1 is 1.38 bits per heavy atom. The second kappa shape index (κ2) is 7.80. The van der Waals surface area contributed by atoms with Crippen molar-refractivity contribution in [2.24, 2.45) is 0 Å². The van der Waals surface area contributed by atoms with Crippen LogP contribution in [0.3, 0.4) is 0 Å². The summed E-state index contributed by atoms with van der Waals surface area (Å²) in [6, 6.07) is 7.57. The average molecular weight is 324 g/mol. The van der Waals surface area contributed by atoms with Crippen LogP contribution in [0.1, 0.15) is 5.56 Å². The van der Waals surface area contributed by atoms with E-state index in [0.717, 1.165) is 12.0 Å². The first-order valence-corrected chi connectivity index (χ1v) is 7.58. The van der Waals surface area contributed by atoms with Gasteiger partial charge in [-0.15, -0.1) is 0 Å². The number of aromatic nitrogens is 3. The van der Waals surface area contributed by atoms with Gasteiger partial charge in [-0.05, 0) is 24.1 Å². The van der Waals surface area contributed by atoms with Crippen molar-refractivity contribution in [3.63, 3.8) is 0 Å². The van der Waals surface area contributed by atoms with Gasteiger partial charge in [0.05, 0.1) is 5.75 Å². The summed E-state index contributed by atoms with van der Waals surface area (Å²) in [5.41, 5.74) is 6.52. The number of hydrogen-bond acceptors (Lipinski definition) is 6. The first kappa shape index (κ1) is 15.5. The molecule has 0 aliphatic carbocycles. The third kappa shape index (κ3) is 5.57. The van der Waals surface area contributed by atoms with E-state index in [1.165, 1.54) is 18.1 Å². The molecule has 0 aliphatic heterocycles. The Bertz CT molecular complexity index is 625. The van der Waals surface area contributed by atoms with Gasteiger partial charge in [0.1, 0.15) is 6.33 Å². The SMILES string of the molecule is Nc1ncnc(SCC(=O)NCCc2cccc(Cl)c2)n1. The van der Waals surface area contributed by atoms with E-state index in [2.05, 4.69) is 20.3 Å². The topological polar surface area (TPSA) is 93.8 Å². The third-order valence-electron chi connectivity index (χ3n) is 2.53. The average Bonchev–Trinajstić information content (AvgIpc) is 2.45. The molecule has 3 N–H and O–H groups in total. The van der Waals surface area contributed by atoms with Gasteiger partial charge in [-0.1, -0.05) is 35.5 Å². The first-order chi connectivity index (χ1) is 10.1. The molecule has 8 heteroatoms. The summed E-state index contributed by atoms with van der Waals surface area (Å²) < 4.78 is 0. The van der Waals surface area contributed by atoms with Crippen molar-refractivity contribution in [2.75, 3.05) is 18.0 Å². The number of amides is 1. The van der Waals surface area contributed by atoms with Crippen molar-refractivity contribution in [3.8, 4) is 0 Å². The van der Waals surface area contributed by atoms with Gasteiger partial charge in [-0.25, -0.2) is 9.97 Å². The Kier molecular flexibility index (Phi) is 5.77. The van der Waals surface area contributed by atoms with E-state index < -0.39 is 0 Å². The maximum Gasteiger partial charge on any atom is 0.230 e. The van der Waals surface area contributed by atoms with Crippen molar-refractivity contribution in [2.45, 2.75) is 11.6 Å². The number of benzene rings is 1. The fourth-order valence-electron chi connectivity index (χ4n) is 1.58. The van der Waals surface area contributed by atoms with Gasteiger partial charge < -0.3 is 11.1 Å². The molecule has 0 unspecified atom stereocenters. The van der Waals surface area contributed by atoms with E-state index in [1.54, 1.807) is 0 Å². The van der Waals surface area contributed by atoms with Gasteiger partial charge in [0, 0.05) is 11.6 Å². The minimum absolute atomic E-state index is 0.0824. The highest BCUT2D eigenvalue weighted by molar-refractivity contribution is 7.99. The fourth-order valence-corrected chi connectivity index (χ4v) is 2.44. The van der Waals surface area contributed by atoms with Crippen LogP contribution in [0, 0.1) is 0 Å². The molecule has 0 bridgehead atoms. The van der Waals surface area contributed by atoms with Crippen LogP contribution in [0.4, 0.5) is 5.95 Å². The Morgan fingerprint density at radius 2 is 2.24 bits per heavy atom. The zero-order chi connectivity index (χ0) is 15.1. The third-order valence-corrected chi connectivity index (χ3v) is 3.62. The van der Waals surface area contributed by atoms with Crippen LogP contribution in [0.5, 0.6) is 0 Å². The largest absolute Gasteiger partial charge is 0.368 e. The Hall–Kier alpha value is -1.86. The zero-order valence-electron chi connectivity index (χ0n) is 11.1. The number of rotatable bonds is 6. The number of anilines is 1. The quantitative estimate of drug-likeness (QED) is 0.783. The van der Waals surface area contributed by atoms with Gasteiger partial charge >= 0.3 is 0 Å². The summed E-state index contributed by atoms with van der Waals surface area (Å²) in [5.74, 6) is 0.300. The van der Waals surface area contributed by atoms with Crippen molar-refractivity contribution < 1.29 is 4.79 Å². The Labute approximate surface area is 131 Å². The molecule has 0 spiro atoms. The summed E-state index contributed by atoms with van der Waals surface area (Å²) in [4.78, 5) is 23.2. The number of hydrogen-bond donors (Lipinski definition) is 2. The van der Waals surface area contributed by atoms with E-state index in [9.17, 15) is 4.79 Å². The standard InChI is InChI=1S/C13H14ClN5OS/c14-10-3-1-2-9(6-10)4-5-16-11(20)7-21-13-18-8-17-12(15)19-13/h1-3,6,8H,4-5,7H2,(H,16,20)(H2,15,17,18,19). The molecule has 0 saturated heterocycles. The molecule has 110 valence electrons. The fraction of sp³-hybridized carbons (Fsp3) is 0.231. The van der Waals surface area contributed by atoms with E-state index >= 15 is 0 Å². The smallest absolute Gasteiger partial charge is 0.230 e. The predicted octanol–water partition coefficient (Wildman–Crippen LogP) is 1.56. The van der Waals surface area contributed by atoms with Crippen molar-refractivity contribution in [1.82, 2.24) is 20.3 Å². The zero-order valence-corrected chi connectivity index (χ0v) is 12.7. The lowest BCUT2D eigenvalue weighted by Gasteiger charge is -2.05. The molecule has 0 aliphatic rings. The monoisotopic (exact) mass is 323 g/mol. The highest BCUT2D eigenvalue weighted by Crippen LogP contribution is 2.12. The Balaban J connectivity index is 1.70. The lowest BCUT2D eigenvalue weighted by atomic mass is 10.1. The molecule has 1 aromatic carbocycles. The van der Waals surface area contributed by atoms with Crippen LogP contribution >= 0.6 is 23.4 Å². The number of nitrogens with zero attached hydrogens (tertiary/aromatic N) is 3. The number of thioether (sulfide) groups is 1. The molecule has 21 heavy (non-hydrogen) atoms. The van der Waals surface area contributed by atoms with E-state index in [0.29, 0.717) is 16.7 Å². The highest BCUT2D eigenvalue weighted by Gasteiger charge is 2.05. The summed E-state index contributed by atoms with van der Waals surface area (Å²) in [7, 11) is 0. The summed E-state index contributed by atoms with van der Waals surface area (Å²) in [5, 5.41) is 3.96. The number of nitrogen functional groups attached to an aromatic ring is 1. The Morgan fingerprint density at radius 3 is 3.00 bits per heavy atom. The molecule has 0 atom stereocenters. The molecule has 1 heterocycles. The van der Waals surface area contributed by atoms with Crippen LogP contribution in [-0.4, -0.2) is 33.2 Å². The molecule has 2 aromatic rings. The second-order valence-corrected chi connectivity index (χ2v) is 5.52. The van der Waals surface area contributed by atoms with Gasteiger partial charge in [0.25, 0.3) is 0 Å². The number of nitrogens with two attached hydrogens (primary N) is 1. The lowest BCUT2D eigenvalue weighted by molar-refractivity contribution is -0.118. The van der Waals surface area contributed by atoms with Gasteiger partial charge in [0.2, 0.25) is 11.9 Å². The second-order valence-electron chi connectivity index (χ2n) is 4.14. The van der Waals surface area contributed by atoms with Crippen LogP contribution in [0.2, 0.25) is 5.02 Å². The molecular weight excluding hydrogens is 310 g/mol. The molecule has 6 nitrogen and oxygen atoms in total. The summed E-state index contributed by atoms with van der Waals surface area (Å²) >= 11 is 7.11. The van der Waals surface area contributed by atoms with Crippen molar-refractivity contribution in [3.05, 3.63) is 41.2 Å². The van der Waals surface area contributed by atoms with Crippen LogP contribution < -0.4 is 11.1 Å². The van der Waals surface area contributed by atoms with E-state index in [1.807, 2.05) is 24.3 Å². The maximum absolute atomic E-state index is 11.7. The number of carbonyl (C=O) groups excluding carboxylic acids is 1. The molecule has 2 rings (SSSR count). The maximum atomic E-state index is 11.7.